The highest BCUT2D eigenvalue weighted by molar-refractivity contribution is 7.00. The van der Waals surface area contributed by atoms with Crippen LogP contribution in [0.25, 0.3) is 16.7 Å². The maximum absolute atomic E-state index is 4.06. The molecule has 8 aromatic carbocycles. The predicted octanol–water partition coefficient (Wildman–Crippen LogP) is 12.7. The second-order valence-corrected chi connectivity index (χ2v) is 14.6. The van der Waals surface area contributed by atoms with Crippen molar-refractivity contribution in [1.82, 2.24) is 0 Å². The number of hydrogen-bond acceptors (Lipinski definition) is 3. The molecule has 2 heterocycles. The van der Waals surface area contributed by atoms with Crippen LogP contribution in [0.15, 0.2) is 232 Å². The molecule has 2 aliphatic rings. The van der Waals surface area contributed by atoms with Crippen LogP contribution in [0.5, 0.6) is 0 Å². The molecule has 0 bridgehead atoms. The Hall–Kier alpha value is -7.56. The van der Waals surface area contributed by atoms with E-state index in [2.05, 4.69) is 228 Å². The minimum absolute atomic E-state index is 0.0193. The summed E-state index contributed by atoms with van der Waals surface area (Å²) in [5.74, 6) is 0. The molecular formula is C54H40BN3. The van der Waals surface area contributed by atoms with E-state index in [1.165, 1.54) is 44.6 Å². The number of anilines is 9. The maximum Gasteiger partial charge on any atom is 0.252 e. The lowest BCUT2D eigenvalue weighted by atomic mass is 9.33. The zero-order valence-electron chi connectivity index (χ0n) is 32.1. The number of nitrogens with zero attached hydrogens (tertiary/aromatic N) is 3. The smallest absolute Gasteiger partial charge is 0.252 e. The largest absolute Gasteiger partial charge is 0.311 e. The highest BCUT2D eigenvalue weighted by Crippen LogP contribution is 2.46. The molecule has 2 aliphatic heterocycles. The third-order valence-corrected chi connectivity index (χ3v) is 11.4. The fraction of sp³-hybridized carbons (Fsp3) is 0. The first-order valence-electron chi connectivity index (χ1n) is 19.8. The van der Waals surface area contributed by atoms with Crippen molar-refractivity contribution in [3.8, 4) is 11.1 Å². The Morgan fingerprint density at radius 3 is 1.66 bits per heavy atom. The van der Waals surface area contributed by atoms with Crippen LogP contribution < -0.4 is 31.1 Å². The van der Waals surface area contributed by atoms with Crippen LogP contribution in [0.1, 0.15) is 5.56 Å². The predicted molar refractivity (Wildman–Crippen MR) is 249 cm³/mol. The van der Waals surface area contributed by atoms with Crippen molar-refractivity contribution in [2.24, 2.45) is 0 Å². The molecule has 0 spiro atoms. The average Bonchev–Trinajstić information content (AvgIpc) is 3.29. The second kappa shape index (κ2) is 14.8. The molecule has 0 amide bonds. The molecule has 0 atom stereocenters. The van der Waals surface area contributed by atoms with Gasteiger partial charge in [-0.1, -0.05) is 153 Å². The van der Waals surface area contributed by atoms with Gasteiger partial charge in [-0.2, -0.15) is 0 Å². The molecule has 0 saturated heterocycles. The maximum atomic E-state index is 4.06. The van der Waals surface area contributed by atoms with Gasteiger partial charge in [-0.05, 0) is 118 Å². The Balaban J connectivity index is 1.23. The topological polar surface area (TPSA) is 9.72 Å². The van der Waals surface area contributed by atoms with Crippen molar-refractivity contribution in [3.63, 3.8) is 0 Å². The SMILES string of the molecule is C=C/C=C(\C=C)c1ccc(N2c3ccc(-c4ccccc4)cc3B3c4ccc(N(c5ccccc5)c5ccccc5)cc4N(c4ccccc4)c4cccc2c43)cc1. The van der Waals surface area contributed by atoms with Gasteiger partial charge in [-0.3, -0.25) is 0 Å². The highest BCUT2D eigenvalue weighted by atomic mass is 15.2. The fourth-order valence-corrected chi connectivity index (χ4v) is 8.82. The highest BCUT2D eigenvalue weighted by Gasteiger charge is 2.43. The first-order valence-corrected chi connectivity index (χ1v) is 19.8. The molecule has 3 nitrogen and oxygen atoms in total. The Morgan fingerprint density at radius 2 is 1.03 bits per heavy atom. The first kappa shape index (κ1) is 34.9. The molecule has 0 aromatic heterocycles. The van der Waals surface area contributed by atoms with E-state index in [1.54, 1.807) is 0 Å². The van der Waals surface area contributed by atoms with E-state index in [1.807, 2.05) is 18.2 Å². The van der Waals surface area contributed by atoms with Crippen LogP contribution in [-0.4, -0.2) is 6.71 Å². The number of benzene rings is 8. The lowest BCUT2D eigenvalue weighted by Gasteiger charge is -2.44. The molecule has 0 N–H and O–H groups in total. The molecule has 58 heavy (non-hydrogen) atoms. The van der Waals surface area contributed by atoms with Crippen LogP contribution >= 0.6 is 0 Å². The summed E-state index contributed by atoms with van der Waals surface area (Å²) in [7, 11) is 0. The summed E-state index contributed by atoms with van der Waals surface area (Å²) >= 11 is 0. The standard InChI is InChI=1S/C54H40BN3/c1-3-18-39(4-2)41-29-32-46(33-30-41)57-50-36-31-42(40-19-9-5-10-20-40)37-49(50)55-48-35-34-47(56(43-21-11-6-12-22-43)44-23-13-7-14-24-44)38-53(48)58(45-25-15-8-16-26-45)52-28-17-27-51(57)54(52)55/h3-38H,1-2H2/b39-18+. The number of rotatable bonds is 9. The molecule has 0 unspecified atom stereocenters. The van der Waals surface area contributed by atoms with E-state index in [-0.39, 0.29) is 6.71 Å². The third kappa shape index (κ3) is 5.94. The van der Waals surface area contributed by atoms with E-state index >= 15 is 0 Å². The third-order valence-electron chi connectivity index (χ3n) is 11.4. The second-order valence-electron chi connectivity index (χ2n) is 14.6. The number of para-hydroxylation sites is 3. The van der Waals surface area contributed by atoms with E-state index in [9.17, 15) is 0 Å². The van der Waals surface area contributed by atoms with Crippen molar-refractivity contribution >= 4 is 79.9 Å². The quantitative estimate of drug-likeness (QED) is 0.108. The summed E-state index contributed by atoms with van der Waals surface area (Å²) in [5, 5.41) is 0. The minimum Gasteiger partial charge on any atom is -0.311 e. The normalized spacial score (nSPS) is 12.6. The molecule has 0 saturated carbocycles. The van der Waals surface area contributed by atoms with Crippen molar-refractivity contribution in [2.75, 3.05) is 14.7 Å². The molecular weight excluding hydrogens is 701 g/mol. The zero-order chi connectivity index (χ0) is 39.0. The van der Waals surface area contributed by atoms with Gasteiger partial charge in [-0.25, -0.2) is 0 Å². The molecule has 10 rings (SSSR count). The van der Waals surface area contributed by atoms with Crippen molar-refractivity contribution in [3.05, 3.63) is 237 Å². The Labute approximate surface area is 341 Å². The molecule has 0 radical (unpaired) electrons. The Morgan fingerprint density at radius 1 is 0.448 bits per heavy atom. The summed E-state index contributed by atoms with van der Waals surface area (Å²) in [5.41, 5.74) is 18.6. The van der Waals surface area contributed by atoms with Gasteiger partial charge in [0.05, 0.1) is 0 Å². The van der Waals surface area contributed by atoms with Crippen LogP contribution in [0.4, 0.5) is 51.2 Å². The van der Waals surface area contributed by atoms with Crippen molar-refractivity contribution in [2.45, 2.75) is 0 Å². The lowest BCUT2D eigenvalue weighted by Crippen LogP contribution is -2.61. The molecule has 274 valence electrons. The van der Waals surface area contributed by atoms with Gasteiger partial charge in [0, 0.05) is 51.2 Å². The minimum atomic E-state index is -0.0193. The van der Waals surface area contributed by atoms with E-state index in [4.69, 9.17) is 0 Å². The van der Waals surface area contributed by atoms with Gasteiger partial charge in [0.25, 0.3) is 6.71 Å². The van der Waals surface area contributed by atoms with Gasteiger partial charge in [0.2, 0.25) is 0 Å². The zero-order valence-corrected chi connectivity index (χ0v) is 32.1. The summed E-state index contributed by atoms with van der Waals surface area (Å²) < 4.78 is 0. The van der Waals surface area contributed by atoms with Crippen molar-refractivity contribution in [1.29, 1.82) is 0 Å². The van der Waals surface area contributed by atoms with Gasteiger partial charge in [-0.15, -0.1) is 0 Å². The van der Waals surface area contributed by atoms with Crippen LogP contribution in [0, 0.1) is 0 Å². The summed E-state index contributed by atoms with van der Waals surface area (Å²) in [6, 6.07) is 72.5. The van der Waals surface area contributed by atoms with Gasteiger partial charge in [0.15, 0.2) is 0 Å². The van der Waals surface area contributed by atoms with Gasteiger partial charge < -0.3 is 14.7 Å². The number of allylic oxidation sites excluding steroid dienone is 4. The first-order chi connectivity index (χ1) is 28.7. The number of hydrogen-bond donors (Lipinski definition) is 0. The van der Waals surface area contributed by atoms with Crippen molar-refractivity contribution < 1.29 is 0 Å². The van der Waals surface area contributed by atoms with E-state index < -0.39 is 0 Å². The molecule has 4 heteroatoms. The fourth-order valence-electron chi connectivity index (χ4n) is 8.82. The molecule has 0 fully saturated rings. The Kier molecular flexibility index (Phi) is 8.93. The molecule has 0 aliphatic carbocycles. The monoisotopic (exact) mass is 741 g/mol. The van der Waals surface area contributed by atoms with E-state index in [0.29, 0.717) is 0 Å². The molecule has 8 aromatic rings. The van der Waals surface area contributed by atoms with Crippen LogP contribution in [0.2, 0.25) is 0 Å². The summed E-state index contributed by atoms with van der Waals surface area (Å²) in [4.78, 5) is 7.26. The van der Waals surface area contributed by atoms with E-state index in [0.717, 1.165) is 45.3 Å². The van der Waals surface area contributed by atoms with Gasteiger partial charge >= 0.3 is 0 Å². The average molecular weight is 742 g/mol. The van der Waals surface area contributed by atoms with Crippen LogP contribution in [0.3, 0.4) is 0 Å². The Bertz CT molecular complexity index is 2780. The summed E-state index contributed by atoms with van der Waals surface area (Å²) in [6.07, 6.45) is 5.70. The summed E-state index contributed by atoms with van der Waals surface area (Å²) in [6.45, 7) is 7.96. The van der Waals surface area contributed by atoms with Crippen LogP contribution in [-0.2, 0) is 0 Å². The van der Waals surface area contributed by atoms with Gasteiger partial charge in [0.1, 0.15) is 0 Å². The number of fused-ring (bicyclic) bond motifs is 4. The lowest BCUT2D eigenvalue weighted by molar-refractivity contribution is 1.24.